The van der Waals surface area contributed by atoms with Gasteiger partial charge in [-0.1, -0.05) is 176 Å². The van der Waals surface area contributed by atoms with E-state index in [1.807, 2.05) is 36.0 Å². The first-order chi connectivity index (χ1) is 33.2. The van der Waals surface area contributed by atoms with Crippen LogP contribution in [0.2, 0.25) is 0 Å². The molecule has 0 saturated heterocycles. The van der Waals surface area contributed by atoms with E-state index in [2.05, 4.69) is 209 Å². The zero-order valence-electron chi connectivity index (χ0n) is 36.0. The third-order valence-corrected chi connectivity index (χ3v) is 14.5. The molecule has 0 fully saturated rings. The number of rotatable bonds is 6. The summed E-state index contributed by atoms with van der Waals surface area (Å²) in [5.41, 5.74) is 14.6. The monoisotopic (exact) mass is 871 g/mol. The van der Waals surface area contributed by atoms with E-state index in [1.54, 1.807) is 0 Å². The number of para-hydroxylation sites is 2. The first-order valence-corrected chi connectivity index (χ1v) is 23.4. The molecule has 5 nitrogen and oxygen atoms in total. The van der Waals surface area contributed by atoms with E-state index in [9.17, 15) is 0 Å². The van der Waals surface area contributed by atoms with E-state index >= 15 is 0 Å². The van der Waals surface area contributed by atoms with Crippen LogP contribution in [-0.2, 0) is 0 Å². The van der Waals surface area contributed by atoms with Crippen molar-refractivity contribution in [3.8, 4) is 67.8 Å². The second-order valence-corrected chi connectivity index (χ2v) is 18.3. The van der Waals surface area contributed by atoms with Crippen molar-refractivity contribution in [2.45, 2.75) is 9.79 Å². The molecule has 0 spiro atoms. The van der Waals surface area contributed by atoms with Gasteiger partial charge in [-0.2, -0.15) is 9.97 Å². The van der Waals surface area contributed by atoms with E-state index in [0.29, 0.717) is 17.6 Å². The molecule has 0 radical (unpaired) electrons. The molecule has 0 atom stereocenters. The van der Waals surface area contributed by atoms with Crippen LogP contribution >= 0.6 is 11.8 Å². The van der Waals surface area contributed by atoms with Crippen LogP contribution in [0.4, 0.5) is 0 Å². The SMILES string of the molecule is c1ccc(-c2ccc(-c3nc(-c4ccccc4)nc(-n4c5ccccc5c5cc(-c6ccc7c(c6)c6c8cccc9c8c(cc6n7-c6ccccc6)-c6ccccc6S9)ccc54)n3)cc2)cc1. The molecule has 1 aliphatic heterocycles. The minimum absolute atomic E-state index is 0.574. The van der Waals surface area contributed by atoms with Gasteiger partial charge in [0.05, 0.1) is 22.1 Å². The fourth-order valence-corrected chi connectivity index (χ4v) is 11.4. The third-order valence-electron chi connectivity index (χ3n) is 13.4. The van der Waals surface area contributed by atoms with Crippen LogP contribution in [-0.4, -0.2) is 24.1 Å². The highest BCUT2D eigenvalue weighted by atomic mass is 32.2. The second kappa shape index (κ2) is 15.0. The highest BCUT2D eigenvalue weighted by Gasteiger charge is 2.25. The highest BCUT2D eigenvalue weighted by Crippen LogP contribution is 2.51. The number of nitrogens with zero attached hydrogens (tertiary/aromatic N) is 5. The van der Waals surface area contributed by atoms with Crippen LogP contribution in [0.1, 0.15) is 0 Å². The van der Waals surface area contributed by atoms with Gasteiger partial charge in [-0.25, -0.2) is 4.98 Å². The molecule has 0 saturated carbocycles. The number of hydrogen-bond donors (Lipinski definition) is 0. The van der Waals surface area contributed by atoms with Gasteiger partial charge in [0.15, 0.2) is 11.6 Å². The summed E-state index contributed by atoms with van der Waals surface area (Å²) in [5.74, 6) is 1.82. The number of fused-ring (bicyclic) bond motifs is 9. The van der Waals surface area contributed by atoms with Crippen molar-refractivity contribution in [2.75, 3.05) is 0 Å². The van der Waals surface area contributed by atoms with Crippen LogP contribution in [0.3, 0.4) is 0 Å². The lowest BCUT2D eigenvalue weighted by Gasteiger charge is -2.21. The summed E-state index contributed by atoms with van der Waals surface area (Å²) in [5, 5.41) is 7.37. The van der Waals surface area contributed by atoms with Crippen molar-refractivity contribution < 1.29 is 0 Å². The lowest BCUT2D eigenvalue weighted by atomic mass is 9.93. The molecule has 14 rings (SSSR count). The van der Waals surface area contributed by atoms with Crippen LogP contribution in [0, 0.1) is 0 Å². The van der Waals surface area contributed by atoms with Gasteiger partial charge in [0.2, 0.25) is 5.95 Å². The van der Waals surface area contributed by atoms with Crippen molar-refractivity contribution in [3.63, 3.8) is 0 Å². The Morgan fingerprint density at radius 1 is 0.299 bits per heavy atom. The van der Waals surface area contributed by atoms with Crippen molar-refractivity contribution in [2.24, 2.45) is 0 Å². The molecule has 0 N–H and O–H groups in total. The van der Waals surface area contributed by atoms with Crippen LogP contribution in [0.25, 0.3) is 122 Å². The maximum Gasteiger partial charge on any atom is 0.238 e. The van der Waals surface area contributed by atoms with E-state index in [0.717, 1.165) is 55.3 Å². The predicted molar refractivity (Wildman–Crippen MR) is 277 cm³/mol. The first-order valence-electron chi connectivity index (χ1n) is 22.6. The van der Waals surface area contributed by atoms with E-state index in [1.165, 1.54) is 59.1 Å². The quantitative estimate of drug-likeness (QED) is 0.167. The van der Waals surface area contributed by atoms with Crippen molar-refractivity contribution in [1.29, 1.82) is 0 Å². The van der Waals surface area contributed by atoms with E-state index in [4.69, 9.17) is 15.0 Å². The number of benzene rings is 10. The van der Waals surface area contributed by atoms with Gasteiger partial charge in [0.1, 0.15) is 0 Å². The normalized spacial score (nSPS) is 12.1. The topological polar surface area (TPSA) is 48.5 Å². The van der Waals surface area contributed by atoms with Crippen molar-refractivity contribution in [3.05, 3.63) is 224 Å². The average molecular weight is 872 g/mol. The Morgan fingerprint density at radius 2 is 0.836 bits per heavy atom. The summed E-state index contributed by atoms with van der Waals surface area (Å²) in [7, 11) is 0. The fraction of sp³-hybridized carbons (Fsp3) is 0. The molecule has 13 aromatic rings. The Hall–Kier alpha value is -8.58. The molecule has 1 aliphatic rings. The van der Waals surface area contributed by atoms with Gasteiger partial charge in [0.25, 0.3) is 0 Å². The van der Waals surface area contributed by atoms with Gasteiger partial charge in [-0.05, 0) is 99.4 Å². The Kier molecular flexibility index (Phi) is 8.45. The summed E-state index contributed by atoms with van der Waals surface area (Å²) < 4.78 is 4.64. The number of aromatic nitrogens is 5. The summed E-state index contributed by atoms with van der Waals surface area (Å²) >= 11 is 1.87. The second-order valence-electron chi connectivity index (χ2n) is 17.2. The van der Waals surface area contributed by atoms with Gasteiger partial charge in [0, 0.05) is 53.5 Å². The van der Waals surface area contributed by atoms with E-state index in [-0.39, 0.29) is 0 Å². The molecular weight excluding hydrogens is 835 g/mol. The molecule has 67 heavy (non-hydrogen) atoms. The summed E-state index contributed by atoms with van der Waals surface area (Å²) in [6, 6.07) is 80.4. The Labute approximate surface area is 390 Å². The maximum atomic E-state index is 5.24. The van der Waals surface area contributed by atoms with Gasteiger partial charge in [-0.3, -0.25) is 4.57 Å². The lowest BCUT2D eigenvalue weighted by molar-refractivity contribution is 0.953. The smallest absolute Gasteiger partial charge is 0.238 e. The maximum absolute atomic E-state index is 5.24. The Morgan fingerprint density at radius 3 is 1.60 bits per heavy atom. The fourth-order valence-electron chi connectivity index (χ4n) is 10.3. The van der Waals surface area contributed by atoms with Crippen molar-refractivity contribution >= 4 is 66.1 Å². The van der Waals surface area contributed by atoms with Crippen molar-refractivity contribution in [1.82, 2.24) is 24.1 Å². The molecule has 4 heterocycles. The van der Waals surface area contributed by atoms with Gasteiger partial charge < -0.3 is 4.57 Å². The molecular formula is C61H37N5S. The molecule has 10 aromatic carbocycles. The summed E-state index contributed by atoms with van der Waals surface area (Å²) in [4.78, 5) is 18.1. The molecule has 3 aromatic heterocycles. The first kappa shape index (κ1) is 37.8. The third kappa shape index (κ3) is 6.00. The zero-order chi connectivity index (χ0) is 44.0. The average Bonchev–Trinajstić information content (AvgIpc) is 3.91. The van der Waals surface area contributed by atoms with Gasteiger partial charge in [-0.15, -0.1) is 0 Å². The lowest BCUT2D eigenvalue weighted by Crippen LogP contribution is -2.06. The largest absolute Gasteiger partial charge is 0.309 e. The minimum atomic E-state index is 0.574. The minimum Gasteiger partial charge on any atom is -0.309 e. The standard InChI is InChI=1S/C61H37N5S/c1-4-15-38(16-5-1)39-27-29-41(30-28-39)60-62-59(40-17-6-2-7-18-40)63-61(64-60)66-51-24-12-10-21-45(51)48-35-42(31-33-52(48)66)43-32-34-53-50(36-43)57-47-23-14-26-56-58(47)49(46-22-11-13-25-55(46)67-56)37-54(57)65(53)44-19-8-3-9-20-44/h1-37H. The molecule has 0 amide bonds. The molecule has 0 aliphatic carbocycles. The predicted octanol–water partition coefficient (Wildman–Crippen LogP) is 16.0. The number of hydrogen-bond acceptors (Lipinski definition) is 4. The van der Waals surface area contributed by atoms with Gasteiger partial charge >= 0.3 is 0 Å². The molecule has 0 bridgehead atoms. The molecule has 6 heteroatoms. The highest BCUT2D eigenvalue weighted by molar-refractivity contribution is 7.99. The Balaban J connectivity index is 0.957. The summed E-state index contributed by atoms with van der Waals surface area (Å²) in [6.45, 7) is 0. The zero-order valence-corrected chi connectivity index (χ0v) is 36.8. The summed E-state index contributed by atoms with van der Waals surface area (Å²) in [6.07, 6.45) is 0. The van der Waals surface area contributed by atoms with Crippen LogP contribution in [0.15, 0.2) is 234 Å². The van der Waals surface area contributed by atoms with Crippen LogP contribution < -0.4 is 0 Å². The molecule has 312 valence electrons. The Bertz CT molecular complexity index is 4100. The van der Waals surface area contributed by atoms with E-state index < -0.39 is 0 Å². The molecule has 0 unspecified atom stereocenters. The van der Waals surface area contributed by atoms with Crippen LogP contribution in [0.5, 0.6) is 0 Å².